The van der Waals surface area contributed by atoms with Crippen LogP contribution in [0.15, 0.2) is 46.2 Å². The van der Waals surface area contributed by atoms with Crippen LogP contribution >= 0.6 is 11.6 Å². The zero-order valence-corrected chi connectivity index (χ0v) is 12.0. The van der Waals surface area contributed by atoms with Gasteiger partial charge in [0.2, 0.25) is 9.84 Å². The number of aryl methyl sites for hydroxylation is 1. The van der Waals surface area contributed by atoms with Gasteiger partial charge < -0.3 is 0 Å². The number of hydrogen-bond donors (Lipinski definition) is 0. The van der Waals surface area contributed by atoms with Crippen LogP contribution < -0.4 is 0 Å². The maximum Gasteiger partial charge on any atom is 0.208 e. The molecule has 0 saturated heterocycles. The summed E-state index contributed by atoms with van der Waals surface area (Å²) in [5, 5.41) is 9.20. The summed E-state index contributed by atoms with van der Waals surface area (Å²) in [6.45, 7) is 1.70. The average molecular weight is 310 g/mol. The number of benzene rings is 2. The summed E-state index contributed by atoms with van der Waals surface area (Å²) in [6.07, 6.45) is 0. The van der Waals surface area contributed by atoms with E-state index in [4.69, 9.17) is 16.9 Å². The molecule has 0 aliphatic rings. The van der Waals surface area contributed by atoms with E-state index in [2.05, 4.69) is 0 Å². The van der Waals surface area contributed by atoms with Gasteiger partial charge in [0, 0.05) is 5.02 Å². The minimum Gasteiger partial charge on any atom is -0.218 e. The van der Waals surface area contributed by atoms with Crippen molar-refractivity contribution in [2.45, 2.75) is 16.7 Å². The normalized spacial score (nSPS) is 11.1. The van der Waals surface area contributed by atoms with E-state index in [1.807, 2.05) is 0 Å². The fourth-order valence-electron chi connectivity index (χ4n) is 1.82. The number of sulfone groups is 1. The van der Waals surface area contributed by atoms with Crippen molar-refractivity contribution in [3.8, 4) is 6.07 Å². The second-order valence-electron chi connectivity index (χ2n) is 4.19. The molecule has 0 aliphatic carbocycles. The SMILES string of the molecule is Cc1cc(Cl)cc(S(=O)(=O)c2cccc(F)c2C#N)c1. The summed E-state index contributed by atoms with van der Waals surface area (Å²) in [5.74, 6) is -0.868. The summed E-state index contributed by atoms with van der Waals surface area (Å²) in [5.41, 5.74) is 0.163. The van der Waals surface area contributed by atoms with Crippen LogP contribution in [0.2, 0.25) is 5.02 Å². The van der Waals surface area contributed by atoms with Gasteiger partial charge >= 0.3 is 0 Å². The molecule has 2 aromatic carbocycles. The second kappa shape index (κ2) is 5.23. The number of nitrogens with zero attached hydrogens (tertiary/aromatic N) is 1. The molecule has 0 amide bonds. The molecular weight excluding hydrogens is 301 g/mol. The Kier molecular flexibility index (Phi) is 3.80. The van der Waals surface area contributed by atoms with E-state index in [1.165, 1.54) is 24.3 Å². The minimum atomic E-state index is -4.00. The first-order chi connectivity index (χ1) is 9.36. The molecule has 0 aromatic heterocycles. The first kappa shape index (κ1) is 14.5. The Hall–Kier alpha value is -1.90. The Bertz CT molecular complexity index is 805. The standard InChI is InChI=1S/C14H9ClFNO2S/c1-9-5-10(15)7-11(6-9)20(18,19)14-4-2-3-13(16)12(14)8-17/h2-7H,1H3. The summed E-state index contributed by atoms with van der Waals surface area (Å²) in [4.78, 5) is -0.425. The van der Waals surface area contributed by atoms with E-state index in [-0.39, 0.29) is 14.8 Å². The van der Waals surface area contributed by atoms with Gasteiger partial charge in [-0.15, -0.1) is 0 Å². The Morgan fingerprint density at radius 1 is 1.25 bits per heavy atom. The molecule has 0 aliphatic heterocycles. The third-order valence-electron chi connectivity index (χ3n) is 2.70. The largest absolute Gasteiger partial charge is 0.218 e. The number of rotatable bonds is 2. The van der Waals surface area contributed by atoms with Gasteiger partial charge in [0.15, 0.2) is 0 Å². The zero-order chi connectivity index (χ0) is 14.9. The van der Waals surface area contributed by atoms with Crippen molar-refractivity contribution in [3.63, 3.8) is 0 Å². The van der Waals surface area contributed by atoms with Gasteiger partial charge in [-0.05, 0) is 42.8 Å². The molecule has 0 atom stereocenters. The molecule has 6 heteroatoms. The molecule has 0 spiro atoms. The minimum absolute atomic E-state index is 0.0652. The monoisotopic (exact) mass is 309 g/mol. The molecule has 2 rings (SSSR count). The molecular formula is C14H9ClFNO2S. The van der Waals surface area contributed by atoms with Crippen molar-refractivity contribution < 1.29 is 12.8 Å². The molecule has 0 radical (unpaired) electrons. The van der Waals surface area contributed by atoms with E-state index >= 15 is 0 Å². The first-order valence-electron chi connectivity index (χ1n) is 5.57. The molecule has 3 nitrogen and oxygen atoms in total. The lowest BCUT2D eigenvalue weighted by Gasteiger charge is -2.08. The predicted octanol–water partition coefficient (Wildman–Crippen LogP) is 3.49. The summed E-state index contributed by atoms with van der Waals surface area (Å²) in [6, 6.07) is 9.38. The molecule has 0 fully saturated rings. The van der Waals surface area contributed by atoms with Crippen LogP contribution in [0, 0.1) is 24.1 Å². The van der Waals surface area contributed by atoms with Crippen LogP contribution in [0.5, 0.6) is 0 Å². The Morgan fingerprint density at radius 3 is 2.55 bits per heavy atom. The van der Waals surface area contributed by atoms with E-state index in [9.17, 15) is 12.8 Å². The molecule has 0 heterocycles. The van der Waals surface area contributed by atoms with Crippen LogP contribution in [0.1, 0.15) is 11.1 Å². The molecule has 20 heavy (non-hydrogen) atoms. The zero-order valence-electron chi connectivity index (χ0n) is 10.4. The van der Waals surface area contributed by atoms with Crippen molar-refractivity contribution in [2.24, 2.45) is 0 Å². The van der Waals surface area contributed by atoms with E-state index in [1.54, 1.807) is 19.1 Å². The van der Waals surface area contributed by atoms with Gasteiger partial charge in [0.1, 0.15) is 17.4 Å². The Labute approximate surface area is 121 Å². The molecule has 0 N–H and O–H groups in total. The highest BCUT2D eigenvalue weighted by Crippen LogP contribution is 2.28. The number of hydrogen-bond acceptors (Lipinski definition) is 3. The Morgan fingerprint density at radius 2 is 1.95 bits per heavy atom. The number of nitriles is 1. The van der Waals surface area contributed by atoms with Gasteiger partial charge in [-0.3, -0.25) is 0 Å². The predicted molar refractivity (Wildman–Crippen MR) is 72.8 cm³/mol. The van der Waals surface area contributed by atoms with Gasteiger partial charge in [-0.25, -0.2) is 12.8 Å². The number of halogens is 2. The lowest BCUT2D eigenvalue weighted by Crippen LogP contribution is -2.06. The fraction of sp³-hybridized carbons (Fsp3) is 0.0714. The fourth-order valence-corrected chi connectivity index (χ4v) is 3.72. The molecule has 0 bridgehead atoms. The van der Waals surface area contributed by atoms with Crippen molar-refractivity contribution in [2.75, 3.05) is 0 Å². The van der Waals surface area contributed by atoms with E-state index in [0.717, 1.165) is 6.07 Å². The third-order valence-corrected chi connectivity index (χ3v) is 4.70. The maximum atomic E-state index is 13.5. The topological polar surface area (TPSA) is 57.9 Å². The second-order valence-corrected chi connectivity index (χ2v) is 6.55. The summed E-state index contributed by atoms with van der Waals surface area (Å²) in [7, 11) is -4.00. The molecule has 0 unspecified atom stereocenters. The molecule has 102 valence electrons. The summed E-state index contributed by atoms with van der Waals surface area (Å²) < 4.78 is 38.5. The van der Waals surface area contributed by atoms with Crippen LogP contribution in [0.3, 0.4) is 0 Å². The lowest BCUT2D eigenvalue weighted by molar-refractivity contribution is 0.589. The quantitative estimate of drug-likeness (QED) is 0.853. The first-order valence-corrected chi connectivity index (χ1v) is 7.43. The highest BCUT2D eigenvalue weighted by atomic mass is 35.5. The van der Waals surface area contributed by atoms with E-state index in [0.29, 0.717) is 5.56 Å². The maximum absolute atomic E-state index is 13.5. The smallest absolute Gasteiger partial charge is 0.208 e. The Balaban J connectivity index is 2.74. The molecule has 0 saturated carbocycles. The van der Waals surface area contributed by atoms with Crippen molar-refractivity contribution in [1.29, 1.82) is 5.26 Å². The average Bonchev–Trinajstić information content (AvgIpc) is 2.37. The van der Waals surface area contributed by atoms with Crippen LogP contribution in [-0.2, 0) is 9.84 Å². The van der Waals surface area contributed by atoms with Crippen molar-refractivity contribution in [1.82, 2.24) is 0 Å². The van der Waals surface area contributed by atoms with E-state index < -0.39 is 21.2 Å². The van der Waals surface area contributed by atoms with Crippen molar-refractivity contribution in [3.05, 3.63) is 58.4 Å². The third kappa shape index (κ3) is 2.53. The highest BCUT2D eigenvalue weighted by Gasteiger charge is 2.24. The van der Waals surface area contributed by atoms with Gasteiger partial charge in [0.05, 0.1) is 9.79 Å². The van der Waals surface area contributed by atoms with Crippen LogP contribution in [-0.4, -0.2) is 8.42 Å². The van der Waals surface area contributed by atoms with Gasteiger partial charge in [-0.2, -0.15) is 5.26 Å². The molecule has 2 aromatic rings. The van der Waals surface area contributed by atoms with Gasteiger partial charge in [0.25, 0.3) is 0 Å². The van der Waals surface area contributed by atoms with Crippen LogP contribution in [0.25, 0.3) is 0 Å². The summed E-state index contributed by atoms with van der Waals surface area (Å²) >= 11 is 5.85. The lowest BCUT2D eigenvalue weighted by atomic mass is 10.2. The highest BCUT2D eigenvalue weighted by molar-refractivity contribution is 7.91. The van der Waals surface area contributed by atoms with Gasteiger partial charge in [-0.1, -0.05) is 17.7 Å². The van der Waals surface area contributed by atoms with Crippen molar-refractivity contribution >= 4 is 21.4 Å². The van der Waals surface area contributed by atoms with Crippen LogP contribution in [0.4, 0.5) is 4.39 Å².